The second-order valence-electron chi connectivity index (χ2n) is 5.37. The van der Waals surface area contributed by atoms with Crippen LogP contribution in [-0.4, -0.2) is 27.7 Å². The first kappa shape index (κ1) is 17.7. The van der Waals surface area contributed by atoms with Crippen molar-refractivity contribution in [2.45, 2.75) is 11.8 Å². The number of benzene rings is 2. The van der Waals surface area contributed by atoms with Gasteiger partial charge in [-0.2, -0.15) is 0 Å². The van der Waals surface area contributed by atoms with Crippen LogP contribution in [0.2, 0.25) is 0 Å². The number of nitrogens with one attached hydrogen (secondary N) is 1. The number of carbonyl (C=O) groups is 1. The predicted molar refractivity (Wildman–Crippen MR) is 94.9 cm³/mol. The van der Waals surface area contributed by atoms with E-state index in [4.69, 9.17) is 4.74 Å². The molecule has 0 aliphatic carbocycles. The van der Waals surface area contributed by atoms with Gasteiger partial charge in [-0.15, -0.1) is 0 Å². The van der Waals surface area contributed by atoms with Gasteiger partial charge in [-0.25, -0.2) is 8.42 Å². The molecule has 0 aliphatic heterocycles. The lowest BCUT2D eigenvalue weighted by Crippen LogP contribution is -2.08. The Labute approximate surface area is 141 Å². The zero-order valence-corrected chi connectivity index (χ0v) is 14.6. The molecule has 6 heteroatoms. The molecule has 0 radical (unpaired) electrons. The second kappa shape index (κ2) is 7.31. The number of amides is 1. The van der Waals surface area contributed by atoms with Gasteiger partial charge in [0.15, 0.2) is 9.84 Å². The Bertz CT molecular complexity index is 886. The Balaban J connectivity index is 2.16. The first-order valence-electron chi connectivity index (χ1n) is 7.23. The molecule has 0 heterocycles. The van der Waals surface area contributed by atoms with Crippen LogP contribution in [-0.2, 0) is 14.6 Å². The number of rotatable bonds is 5. The van der Waals surface area contributed by atoms with Crippen LogP contribution >= 0.6 is 0 Å². The van der Waals surface area contributed by atoms with Crippen LogP contribution in [0, 0.1) is 6.92 Å². The lowest BCUT2D eigenvalue weighted by atomic mass is 10.1. The van der Waals surface area contributed by atoms with Gasteiger partial charge in [0.2, 0.25) is 5.91 Å². The fraction of sp³-hybridized carbons (Fsp3) is 0.167. The molecule has 24 heavy (non-hydrogen) atoms. The summed E-state index contributed by atoms with van der Waals surface area (Å²) in [7, 11) is -1.75. The van der Waals surface area contributed by atoms with Crippen molar-refractivity contribution in [3.8, 4) is 5.75 Å². The first-order chi connectivity index (χ1) is 11.3. The van der Waals surface area contributed by atoms with Crippen molar-refractivity contribution in [2.75, 3.05) is 18.7 Å². The molecule has 2 aromatic carbocycles. The third-order valence-corrected chi connectivity index (χ3v) is 4.44. The van der Waals surface area contributed by atoms with Crippen molar-refractivity contribution in [1.29, 1.82) is 0 Å². The van der Waals surface area contributed by atoms with Crippen molar-refractivity contribution >= 4 is 27.5 Å². The van der Waals surface area contributed by atoms with E-state index in [1.165, 1.54) is 18.2 Å². The zero-order valence-electron chi connectivity index (χ0n) is 13.7. The molecule has 0 saturated carbocycles. The van der Waals surface area contributed by atoms with E-state index in [1.807, 2.05) is 25.1 Å². The highest BCUT2D eigenvalue weighted by atomic mass is 32.2. The quantitative estimate of drug-likeness (QED) is 0.846. The summed E-state index contributed by atoms with van der Waals surface area (Å²) < 4.78 is 28.3. The minimum Gasteiger partial charge on any atom is -0.496 e. The molecular formula is C18H19NO4S. The summed E-state index contributed by atoms with van der Waals surface area (Å²) in [4.78, 5) is 12.2. The van der Waals surface area contributed by atoms with Crippen molar-refractivity contribution < 1.29 is 17.9 Å². The van der Waals surface area contributed by atoms with E-state index < -0.39 is 9.84 Å². The number of aryl methyl sites for hydroxylation is 1. The van der Waals surface area contributed by atoms with E-state index in [9.17, 15) is 13.2 Å². The topological polar surface area (TPSA) is 72.5 Å². The molecule has 0 fully saturated rings. The van der Waals surface area contributed by atoms with Crippen molar-refractivity contribution in [1.82, 2.24) is 0 Å². The monoisotopic (exact) mass is 345 g/mol. The summed E-state index contributed by atoms with van der Waals surface area (Å²) in [6.45, 7) is 1.95. The molecule has 0 saturated heterocycles. The van der Waals surface area contributed by atoms with Gasteiger partial charge in [0.25, 0.3) is 0 Å². The van der Waals surface area contributed by atoms with E-state index >= 15 is 0 Å². The van der Waals surface area contributed by atoms with E-state index in [0.717, 1.165) is 17.4 Å². The van der Waals surface area contributed by atoms with Gasteiger partial charge >= 0.3 is 0 Å². The Morgan fingerprint density at radius 3 is 2.58 bits per heavy atom. The molecule has 0 spiro atoms. The number of carbonyl (C=O) groups excluding carboxylic acids is 1. The number of hydrogen-bond donors (Lipinski definition) is 1. The molecule has 126 valence electrons. The number of methoxy groups -OCH3 is 1. The number of hydrogen-bond acceptors (Lipinski definition) is 4. The van der Waals surface area contributed by atoms with Gasteiger partial charge in [-0.1, -0.05) is 17.7 Å². The summed E-state index contributed by atoms with van der Waals surface area (Å²) in [6.07, 6.45) is 4.16. The molecular weight excluding hydrogens is 326 g/mol. The van der Waals surface area contributed by atoms with E-state index in [-0.39, 0.29) is 10.8 Å². The van der Waals surface area contributed by atoms with Gasteiger partial charge in [0.1, 0.15) is 5.75 Å². The molecule has 0 bridgehead atoms. The van der Waals surface area contributed by atoms with Gasteiger partial charge in [0, 0.05) is 23.6 Å². The zero-order chi connectivity index (χ0) is 17.7. The van der Waals surface area contributed by atoms with Crippen LogP contribution in [0.1, 0.15) is 11.1 Å². The Morgan fingerprint density at radius 2 is 1.92 bits per heavy atom. The average molecular weight is 345 g/mol. The third-order valence-electron chi connectivity index (χ3n) is 3.33. The molecule has 5 nitrogen and oxygen atoms in total. The smallest absolute Gasteiger partial charge is 0.248 e. The third kappa shape index (κ3) is 4.70. The molecule has 1 amide bonds. The maximum atomic E-state index is 12.0. The molecule has 2 rings (SSSR count). The van der Waals surface area contributed by atoms with Crippen LogP contribution in [0.25, 0.3) is 6.08 Å². The SMILES string of the molecule is COc1ccc(C)cc1/C=C/C(=O)Nc1cccc(S(C)(=O)=O)c1. The summed E-state index contributed by atoms with van der Waals surface area (Å²) in [5.41, 5.74) is 2.26. The Morgan fingerprint density at radius 1 is 1.17 bits per heavy atom. The molecule has 0 unspecified atom stereocenters. The Kier molecular flexibility index (Phi) is 5.41. The summed E-state index contributed by atoms with van der Waals surface area (Å²) in [5.74, 6) is 0.313. The molecule has 1 N–H and O–H groups in total. The van der Waals surface area contributed by atoms with Crippen LogP contribution in [0.5, 0.6) is 5.75 Å². The largest absolute Gasteiger partial charge is 0.496 e. The molecule has 0 aliphatic rings. The second-order valence-corrected chi connectivity index (χ2v) is 7.38. The van der Waals surface area contributed by atoms with Crippen LogP contribution < -0.4 is 10.1 Å². The normalized spacial score (nSPS) is 11.5. The fourth-order valence-corrected chi connectivity index (χ4v) is 2.80. The number of sulfone groups is 1. The average Bonchev–Trinajstić information content (AvgIpc) is 2.52. The number of anilines is 1. The van der Waals surface area contributed by atoms with Crippen molar-refractivity contribution in [2.24, 2.45) is 0 Å². The van der Waals surface area contributed by atoms with E-state index in [2.05, 4.69) is 5.32 Å². The first-order valence-corrected chi connectivity index (χ1v) is 9.12. The van der Waals surface area contributed by atoms with Gasteiger partial charge in [-0.3, -0.25) is 4.79 Å². The van der Waals surface area contributed by atoms with Crippen LogP contribution in [0.3, 0.4) is 0 Å². The summed E-state index contributed by atoms with van der Waals surface area (Å²) in [6, 6.07) is 11.8. The molecule has 2 aromatic rings. The predicted octanol–water partition coefficient (Wildman–Crippen LogP) is 3.06. The van der Waals surface area contributed by atoms with E-state index in [1.54, 1.807) is 25.3 Å². The van der Waals surface area contributed by atoms with Crippen molar-refractivity contribution in [3.63, 3.8) is 0 Å². The minimum atomic E-state index is -3.32. The highest BCUT2D eigenvalue weighted by Gasteiger charge is 2.08. The standard InChI is InChI=1S/C18H19NO4S/c1-13-7-9-17(23-2)14(11-13)8-10-18(20)19-15-5-4-6-16(12-15)24(3,21)22/h4-12H,1-3H3,(H,19,20)/b10-8+. The highest BCUT2D eigenvalue weighted by Crippen LogP contribution is 2.21. The lowest BCUT2D eigenvalue weighted by molar-refractivity contribution is -0.111. The summed E-state index contributed by atoms with van der Waals surface area (Å²) in [5, 5.41) is 2.65. The lowest BCUT2D eigenvalue weighted by Gasteiger charge is -2.06. The van der Waals surface area contributed by atoms with Gasteiger partial charge in [0.05, 0.1) is 12.0 Å². The Hall–Kier alpha value is -2.60. The molecule has 0 atom stereocenters. The maximum absolute atomic E-state index is 12.0. The molecule has 0 aromatic heterocycles. The van der Waals surface area contributed by atoms with Gasteiger partial charge < -0.3 is 10.1 Å². The van der Waals surface area contributed by atoms with Crippen molar-refractivity contribution in [3.05, 3.63) is 59.7 Å². The maximum Gasteiger partial charge on any atom is 0.248 e. The fourth-order valence-electron chi connectivity index (χ4n) is 2.14. The van der Waals surface area contributed by atoms with Gasteiger partial charge in [-0.05, 0) is 43.3 Å². The number of ether oxygens (including phenoxy) is 1. The summed E-state index contributed by atoms with van der Waals surface area (Å²) >= 11 is 0. The van der Waals surface area contributed by atoms with Crippen LogP contribution in [0.15, 0.2) is 53.4 Å². The highest BCUT2D eigenvalue weighted by molar-refractivity contribution is 7.90. The van der Waals surface area contributed by atoms with E-state index in [0.29, 0.717) is 11.4 Å². The van der Waals surface area contributed by atoms with Crippen LogP contribution in [0.4, 0.5) is 5.69 Å². The minimum absolute atomic E-state index is 0.157.